The van der Waals surface area contributed by atoms with Gasteiger partial charge in [-0.1, -0.05) is 29.3 Å². The Hall–Kier alpha value is -2.53. The molecule has 0 fully saturated rings. The largest absolute Gasteiger partial charge is 0.449 e. The van der Waals surface area contributed by atoms with E-state index < -0.39 is 18.0 Å². The lowest BCUT2D eigenvalue weighted by atomic mass is 10.1. The van der Waals surface area contributed by atoms with Gasteiger partial charge in [0.15, 0.2) is 6.10 Å². The van der Waals surface area contributed by atoms with E-state index in [2.05, 4.69) is 5.32 Å². The minimum atomic E-state index is -0.965. The summed E-state index contributed by atoms with van der Waals surface area (Å²) in [4.78, 5) is 24.3. The van der Waals surface area contributed by atoms with Crippen molar-refractivity contribution < 1.29 is 14.3 Å². The van der Waals surface area contributed by atoms with E-state index in [9.17, 15) is 9.59 Å². The van der Waals surface area contributed by atoms with Gasteiger partial charge in [-0.05, 0) is 50.6 Å². The number of hydrogen-bond donors (Lipinski definition) is 2. The van der Waals surface area contributed by atoms with Crippen LogP contribution >= 0.6 is 11.6 Å². The maximum absolute atomic E-state index is 12.2. The number of carbonyl (C=O) groups is 2. The van der Waals surface area contributed by atoms with Crippen molar-refractivity contribution in [3.8, 4) is 0 Å². The van der Waals surface area contributed by atoms with Crippen LogP contribution in [0.1, 0.15) is 28.4 Å². The molecule has 5 nitrogen and oxygen atoms in total. The number of carbonyl (C=O) groups excluding carboxylic acids is 2. The topological polar surface area (TPSA) is 81.4 Å². The van der Waals surface area contributed by atoms with Gasteiger partial charge in [-0.15, -0.1) is 0 Å². The summed E-state index contributed by atoms with van der Waals surface area (Å²) in [7, 11) is 0. The average Bonchev–Trinajstić information content (AvgIpc) is 2.49. The Bertz CT molecular complexity index is 790. The van der Waals surface area contributed by atoms with E-state index in [1.165, 1.54) is 25.1 Å². The van der Waals surface area contributed by atoms with Gasteiger partial charge in [-0.3, -0.25) is 4.79 Å². The second-order valence-electron chi connectivity index (χ2n) is 5.59. The molecule has 0 aliphatic heterocycles. The second kappa shape index (κ2) is 7.36. The van der Waals surface area contributed by atoms with Gasteiger partial charge in [0.25, 0.3) is 5.91 Å². The SMILES string of the molecule is Cc1ccc(NC(=O)[C@@H](C)OC(=O)c2ccc(Cl)cc2N)c(C)c1. The van der Waals surface area contributed by atoms with Gasteiger partial charge in [0, 0.05) is 16.4 Å². The summed E-state index contributed by atoms with van der Waals surface area (Å²) < 4.78 is 5.18. The number of nitrogen functional groups attached to an aromatic ring is 1. The van der Waals surface area contributed by atoms with E-state index in [-0.39, 0.29) is 11.3 Å². The van der Waals surface area contributed by atoms with E-state index in [1.807, 2.05) is 32.0 Å². The smallest absolute Gasteiger partial charge is 0.341 e. The Labute approximate surface area is 145 Å². The number of nitrogens with two attached hydrogens (primary N) is 1. The maximum Gasteiger partial charge on any atom is 0.341 e. The first-order chi connectivity index (χ1) is 11.3. The monoisotopic (exact) mass is 346 g/mol. The van der Waals surface area contributed by atoms with Crippen molar-refractivity contribution in [1.82, 2.24) is 0 Å². The zero-order chi connectivity index (χ0) is 17.9. The third kappa shape index (κ3) is 4.26. The van der Waals surface area contributed by atoms with Crippen molar-refractivity contribution >= 4 is 34.9 Å². The number of nitrogens with one attached hydrogen (secondary N) is 1. The molecule has 0 unspecified atom stereocenters. The molecular weight excluding hydrogens is 328 g/mol. The molecule has 0 aliphatic rings. The van der Waals surface area contributed by atoms with Crippen molar-refractivity contribution in [1.29, 1.82) is 0 Å². The Morgan fingerprint density at radius 1 is 1.17 bits per heavy atom. The summed E-state index contributed by atoms with van der Waals surface area (Å²) >= 11 is 5.80. The summed E-state index contributed by atoms with van der Waals surface area (Å²) in [5.41, 5.74) is 8.84. The Morgan fingerprint density at radius 3 is 2.50 bits per heavy atom. The molecule has 0 radical (unpaired) electrons. The lowest BCUT2D eigenvalue weighted by molar-refractivity contribution is -0.123. The van der Waals surface area contributed by atoms with Crippen LogP contribution in [0.15, 0.2) is 36.4 Å². The normalized spacial score (nSPS) is 11.7. The first-order valence-electron chi connectivity index (χ1n) is 7.42. The minimum Gasteiger partial charge on any atom is -0.449 e. The summed E-state index contributed by atoms with van der Waals surface area (Å²) in [6.07, 6.45) is -0.965. The number of ether oxygens (including phenoxy) is 1. The van der Waals surface area contributed by atoms with Crippen LogP contribution in [0.25, 0.3) is 0 Å². The molecule has 126 valence electrons. The number of benzene rings is 2. The number of aryl methyl sites for hydroxylation is 2. The molecule has 6 heteroatoms. The maximum atomic E-state index is 12.2. The van der Waals surface area contributed by atoms with Gasteiger partial charge in [0.1, 0.15) is 0 Å². The van der Waals surface area contributed by atoms with Gasteiger partial charge in [0.2, 0.25) is 0 Å². The molecule has 0 aromatic heterocycles. The van der Waals surface area contributed by atoms with Crippen molar-refractivity contribution in [3.63, 3.8) is 0 Å². The number of hydrogen-bond acceptors (Lipinski definition) is 4. The summed E-state index contributed by atoms with van der Waals surface area (Å²) in [5.74, 6) is -1.09. The molecule has 2 aromatic rings. The summed E-state index contributed by atoms with van der Waals surface area (Å²) in [6, 6.07) is 10.1. The summed E-state index contributed by atoms with van der Waals surface area (Å²) in [6.45, 7) is 5.37. The highest BCUT2D eigenvalue weighted by atomic mass is 35.5. The number of anilines is 2. The average molecular weight is 347 g/mol. The molecule has 0 bridgehead atoms. The molecule has 1 atom stereocenters. The van der Waals surface area contributed by atoms with Crippen LogP contribution in [-0.4, -0.2) is 18.0 Å². The fourth-order valence-corrected chi connectivity index (χ4v) is 2.37. The van der Waals surface area contributed by atoms with Crippen molar-refractivity contribution in [3.05, 3.63) is 58.1 Å². The predicted octanol–water partition coefficient (Wildman–Crippen LogP) is 3.72. The van der Waals surface area contributed by atoms with Crippen LogP contribution < -0.4 is 11.1 Å². The number of amides is 1. The molecular formula is C18H19ClN2O3. The van der Waals surface area contributed by atoms with Crippen LogP contribution in [0.3, 0.4) is 0 Å². The molecule has 2 rings (SSSR count). The van der Waals surface area contributed by atoms with Gasteiger partial charge < -0.3 is 15.8 Å². The number of rotatable bonds is 4. The standard InChI is InChI=1S/C18H19ClN2O3/c1-10-4-7-16(11(2)8-10)21-17(22)12(3)24-18(23)14-6-5-13(19)9-15(14)20/h4-9,12H,20H2,1-3H3,(H,21,22)/t12-/m1/s1. The first kappa shape index (κ1) is 17.8. The van der Waals surface area contributed by atoms with E-state index in [0.717, 1.165) is 11.1 Å². The lowest BCUT2D eigenvalue weighted by Gasteiger charge is -2.15. The van der Waals surface area contributed by atoms with Crippen LogP contribution in [0, 0.1) is 13.8 Å². The first-order valence-corrected chi connectivity index (χ1v) is 7.80. The Kier molecular flexibility index (Phi) is 5.46. The van der Waals surface area contributed by atoms with Crippen molar-refractivity contribution in [2.24, 2.45) is 0 Å². The zero-order valence-electron chi connectivity index (χ0n) is 13.7. The van der Waals surface area contributed by atoms with Crippen LogP contribution in [0.2, 0.25) is 5.02 Å². The molecule has 0 heterocycles. The van der Waals surface area contributed by atoms with Crippen LogP contribution in [-0.2, 0) is 9.53 Å². The highest BCUT2D eigenvalue weighted by Gasteiger charge is 2.21. The third-order valence-electron chi connectivity index (χ3n) is 3.53. The van der Waals surface area contributed by atoms with E-state index in [4.69, 9.17) is 22.1 Å². The van der Waals surface area contributed by atoms with Crippen LogP contribution in [0.5, 0.6) is 0 Å². The van der Waals surface area contributed by atoms with Gasteiger partial charge in [-0.2, -0.15) is 0 Å². The third-order valence-corrected chi connectivity index (χ3v) is 3.76. The highest BCUT2D eigenvalue weighted by molar-refractivity contribution is 6.31. The molecule has 3 N–H and O–H groups in total. The molecule has 0 saturated heterocycles. The van der Waals surface area contributed by atoms with Gasteiger partial charge in [-0.25, -0.2) is 4.79 Å². The van der Waals surface area contributed by atoms with Gasteiger partial charge >= 0.3 is 5.97 Å². The predicted molar refractivity (Wildman–Crippen MR) is 95.3 cm³/mol. The minimum absolute atomic E-state index is 0.172. The number of halogens is 1. The highest BCUT2D eigenvalue weighted by Crippen LogP contribution is 2.20. The molecule has 2 aromatic carbocycles. The summed E-state index contributed by atoms with van der Waals surface area (Å²) in [5, 5.41) is 3.17. The molecule has 24 heavy (non-hydrogen) atoms. The zero-order valence-corrected chi connectivity index (χ0v) is 14.5. The van der Waals surface area contributed by atoms with E-state index >= 15 is 0 Å². The second-order valence-corrected chi connectivity index (χ2v) is 6.02. The fourth-order valence-electron chi connectivity index (χ4n) is 2.19. The molecule has 0 spiro atoms. The van der Waals surface area contributed by atoms with Gasteiger partial charge in [0.05, 0.1) is 5.56 Å². The lowest BCUT2D eigenvalue weighted by Crippen LogP contribution is -2.30. The fraction of sp³-hybridized carbons (Fsp3) is 0.222. The van der Waals surface area contributed by atoms with Crippen LogP contribution in [0.4, 0.5) is 11.4 Å². The molecule has 0 saturated carbocycles. The van der Waals surface area contributed by atoms with Crippen molar-refractivity contribution in [2.75, 3.05) is 11.1 Å². The van der Waals surface area contributed by atoms with E-state index in [0.29, 0.717) is 10.7 Å². The molecule has 0 aliphatic carbocycles. The Morgan fingerprint density at radius 2 is 1.88 bits per heavy atom. The van der Waals surface area contributed by atoms with Crippen molar-refractivity contribution in [2.45, 2.75) is 26.9 Å². The molecule has 1 amide bonds. The van der Waals surface area contributed by atoms with E-state index in [1.54, 1.807) is 0 Å². The Balaban J connectivity index is 2.04. The quantitative estimate of drug-likeness (QED) is 0.653. The number of esters is 1.